The number of carbonyl (C=O) groups excluding carboxylic acids is 2. The minimum absolute atomic E-state index is 0.0505. The summed E-state index contributed by atoms with van der Waals surface area (Å²) >= 11 is 0. The van der Waals surface area contributed by atoms with E-state index in [4.69, 9.17) is 0 Å². The molecular weight excluding hydrogens is 276 g/mol. The molecule has 0 saturated heterocycles. The van der Waals surface area contributed by atoms with Crippen LogP contribution in [0.3, 0.4) is 0 Å². The summed E-state index contributed by atoms with van der Waals surface area (Å²) < 4.78 is 0. The van der Waals surface area contributed by atoms with Gasteiger partial charge in [-0.25, -0.2) is 0 Å². The highest BCUT2D eigenvalue weighted by Gasteiger charge is 2.19. The van der Waals surface area contributed by atoms with Gasteiger partial charge in [-0.1, -0.05) is 64.7 Å². The van der Waals surface area contributed by atoms with Crippen LogP contribution in [0.15, 0.2) is 0 Å². The molecule has 4 nitrogen and oxygen atoms in total. The molecule has 0 aromatic carbocycles. The zero-order valence-corrected chi connectivity index (χ0v) is 14.5. The lowest BCUT2D eigenvalue weighted by Crippen LogP contribution is -2.47. The van der Waals surface area contributed by atoms with Gasteiger partial charge < -0.3 is 10.6 Å². The molecule has 4 heteroatoms. The first-order valence-corrected chi connectivity index (χ1v) is 9.24. The largest absolute Gasteiger partial charge is 0.345 e. The van der Waals surface area contributed by atoms with E-state index >= 15 is 0 Å². The lowest BCUT2D eigenvalue weighted by atomic mass is 9.98. The van der Waals surface area contributed by atoms with Crippen molar-refractivity contribution < 1.29 is 9.59 Å². The molecule has 1 fully saturated rings. The van der Waals surface area contributed by atoms with E-state index in [0.29, 0.717) is 0 Å². The summed E-state index contributed by atoms with van der Waals surface area (Å²) in [6, 6.07) is 0.212. The molecular formula is C18H34N2O2. The van der Waals surface area contributed by atoms with Crippen molar-refractivity contribution in [2.45, 2.75) is 103 Å². The second kappa shape index (κ2) is 11.5. The molecule has 1 unspecified atom stereocenters. The van der Waals surface area contributed by atoms with Crippen molar-refractivity contribution in [2.75, 3.05) is 0 Å². The first kappa shape index (κ1) is 19.0. The fourth-order valence-electron chi connectivity index (χ4n) is 2.95. The van der Waals surface area contributed by atoms with Gasteiger partial charge >= 0.3 is 11.8 Å². The second-order valence-electron chi connectivity index (χ2n) is 6.71. The van der Waals surface area contributed by atoms with Gasteiger partial charge in [-0.05, 0) is 26.2 Å². The van der Waals surface area contributed by atoms with E-state index in [1.165, 1.54) is 44.9 Å². The molecule has 0 radical (unpaired) electrons. The van der Waals surface area contributed by atoms with Crippen LogP contribution in [0.25, 0.3) is 0 Å². The van der Waals surface area contributed by atoms with E-state index in [1.54, 1.807) is 0 Å². The highest BCUT2D eigenvalue weighted by atomic mass is 16.2. The van der Waals surface area contributed by atoms with Crippen LogP contribution < -0.4 is 10.6 Å². The molecule has 22 heavy (non-hydrogen) atoms. The Morgan fingerprint density at radius 3 is 1.77 bits per heavy atom. The van der Waals surface area contributed by atoms with E-state index < -0.39 is 11.8 Å². The van der Waals surface area contributed by atoms with E-state index in [-0.39, 0.29) is 12.1 Å². The second-order valence-corrected chi connectivity index (χ2v) is 6.71. The fourth-order valence-corrected chi connectivity index (χ4v) is 2.95. The van der Waals surface area contributed by atoms with Crippen molar-refractivity contribution in [1.82, 2.24) is 10.6 Å². The van der Waals surface area contributed by atoms with Crippen LogP contribution in [0.2, 0.25) is 0 Å². The third-order valence-corrected chi connectivity index (χ3v) is 4.64. The average Bonchev–Trinajstić information content (AvgIpc) is 2.49. The summed E-state index contributed by atoms with van der Waals surface area (Å²) in [6.07, 6.45) is 14.3. The number of rotatable bonds is 3. The number of nitrogens with one attached hydrogen (secondary N) is 2. The van der Waals surface area contributed by atoms with Gasteiger partial charge in [0.15, 0.2) is 0 Å². The van der Waals surface area contributed by atoms with Crippen LogP contribution in [-0.2, 0) is 9.59 Å². The minimum Gasteiger partial charge on any atom is -0.345 e. The molecule has 2 N–H and O–H groups in total. The summed E-state index contributed by atoms with van der Waals surface area (Å²) in [7, 11) is 0. The Balaban J connectivity index is 2.40. The van der Waals surface area contributed by atoms with Crippen LogP contribution in [0.5, 0.6) is 0 Å². The maximum absolute atomic E-state index is 12.0. The zero-order valence-electron chi connectivity index (χ0n) is 14.5. The number of amides is 2. The lowest BCUT2D eigenvalue weighted by molar-refractivity contribution is -0.140. The van der Waals surface area contributed by atoms with Crippen molar-refractivity contribution in [3.05, 3.63) is 0 Å². The predicted octanol–water partition coefficient (Wildman–Crippen LogP) is 3.69. The van der Waals surface area contributed by atoms with Gasteiger partial charge in [0.2, 0.25) is 0 Å². The van der Waals surface area contributed by atoms with Gasteiger partial charge in [0, 0.05) is 12.1 Å². The Morgan fingerprint density at radius 1 is 0.864 bits per heavy atom. The molecule has 1 saturated carbocycles. The Kier molecular flexibility index (Phi) is 9.93. The quantitative estimate of drug-likeness (QED) is 0.781. The third kappa shape index (κ3) is 8.40. The van der Waals surface area contributed by atoms with Gasteiger partial charge in [-0.15, -0.1) is 0 Å². The van der Waals surface area contributed by atoms with Crippen LogP contribution in [-0.4, -0.2) is 23.9 Å². The Morgan fingerprint density at radius 2 is 1.32 bits per heavy atom. The third-order valence-electron chi connectivity index (χ3n) is 4.64. The Labute approximate surface area is 135 Å². The van der Waals surface area contributed by atoms with E-state index in [2.05, 4.69) is 10.6 Å². The van der Waals surface area contributed by atoms with Crippen molar-refractivity contribution in [3.63, 3.8) is 0 Å². The molecule has 0 aromatic rings. The van der Waals surface area contributed by atoms with Crippen molar-refractivity contribution in [3.8, 4) is 0 Å². The number of carbonyl (C=O) groups is 2. The van der Waals surface area contributed by atoms with Crippen molar-refractivity contribution in [2.24, 2.45) is 0 Å². The Bertz CT molecular complexity index is 319. The first-order chi connectivity index (χ1) is 10.6. The van der Waals surface area contributed by atoms with Crippen LogP contribution >= 0.6 is 0 Å². The van der Waals surface area contributed by atoms with Gasteiger partial charge in [-0.3, -0.25) is 9.59 Å². The number of hydrogen-bond donors (Lipinski definition) is 2. The minimum atomic E-state index is -0.486. The van der Waals surface area contributed by atoms with E-state index in [9.17, 15) is 9.59 Å². The molecule has 0 aromatic heterocycles. The average molecular weight is 310 g/mol. The summed E-state index contributed by atoms with van der Waals surface area (Å²) in [6.45, 7) is 3.91. The normalized spacial score (nSPS) is 20.3. The van der Waals surface area contributed by atoms with Crippen LogP contribution in [0, 0.1) is 0 Å². The fraction of sp³-hybridized carbons (Fsp3) is 0.889. The van der Waals surface area contributed by atoms with Gasteiger partial charge in [-0.2, -0.15) is 0 Å². The van der Waals surface area contributed by atoms with Gasteiger partial charge in [0.1, 0.15) is 0 Å². The summed E-state index contributed by atoms with van der Waals surface area (Å²) in [5, 5.41) is 5.69. The highest BCUT2D eigenvalue weighted by molar-refractivity contribution is 6.35. The van der Waals surface area contributed by atoms with Crippen LogP contribution in [0.1, 0.15) is 90.9 Å². The van der Waals surface area contributed by atoms with Crippen molar-refractivity contribution in [1.29, 1.82) is 0 Å². The molecule has 128 valence electrons. The molecule has 0 spiro atoms. The molecule has 1 aliphatic rings. The molecule has 1 atom stereocenters. The smallest absolute Gasteiger partial charge is 0.309 e. The van der Waals surface area contributed by atoms with E-state index in [0.717, 1.165) is 32.1 Å². The summed E-state index contributed by atoms with van der Waals surface area (Å²) in [4.78, 5) is 23.9. The first-order valence-electron chi connectivity index (χ1n) is 9.24. The molecule has 2 amide bonds. The van der Waals surface area contributed by atoms with Gasteiger partial charge in [0.05, 0.1) is 0 Å². The molecule has 0 aliphatic heterocycles. The monoisotopic (exact) mass is 310 g/mol. The summed E-state index contributed by atoms with van der Waals surface area (Å²) in [5.41, 5.74) is 0. The topological polar surface area (TPSA) is 58.2 Å². The van der Waals surface area contributed by atoms with Gasteiger partial charge in [0.25, 0.3) is 0 Å². The van der Waals surface area contributed by atoms with E-state index in [1.807, 2.05) is 13.8 Å². The maximum Gasteiger partial charge on any atom is 0.309 e. The number of hydrogen-bond acceptors (Lipinski definition) is 2. The molecule has 0 bridgehead atoms. The maximum atomic E-state index is 12.0. The summed E-state index contributed by atoms with van der Waals surface area (Å²) in [5.74, 6) is -0.946. The van der Waals surface area contributed by atoms with Crippen LogP contribution in [0.4, 0.5) is 0 Å². The van der Waals surface area contributed by atoms with Crippen molar-refractivity contribution >= 4 is 11.8 Å². The molecule has 0 heterocycles. The molecule has 1 rings (SSSR count). The standard InChI is InChI=1S/C18H34N2O2/c1-3-15(2)19-17(21)18(22)20-16-13-11-9-7-5-4-6-8-10-12-14-16/h15-16H,3-14H2,1-2H3,(H,19,21)(H,20,22). The predicted molar refractivity (Wildman–Crippen MR) is 90.6 cm³/mol. The SMILES string of the molecule is CCC(C)NC(=O)C(=O)NC1CCCCCCCCCCC1. The zero-order chi connectivity index (χ0) is 16.2. The molecule has 1 aliphatic carbocycles. The Hall–Kier alpha value is -1.06. The lowest BCUT2D eigenvalue weighted by Gasteiger charge is -2.20. The highest BCUT2D eigenvalue weighted by Crippen LogP contribution is 2.16.